The van der Waals surface area contributed by atoms with E-state index in [1.54, 1.807) is 41.1 Å². The number of phenols is 1. The van der Waals surface area contributed by atoms with Crippen molar-refractivity contribution in [3.05, 3.63) is 59.5 Å². The number of hydrogen-bond acceptors (Lipinski definition) is 3. The zero-order chi connectivity index (χ0) is 14.8. The standard InChI is InChI=1S/C15H12ClN3O2/c16-10-1-6-14-17-12(9-19(14)8-10)7-15(21)18-11-2-4-13(20)5-3-11/h1-6,8-9,20H,7H2,(H,18,21). The van der Waals surface area contributed by atoms with Crippen LogP contribution in [0.1, 0.15) is 5.69 Å². The minimum absolute atomic E-state index is 0.158. The monoisotopic (exact) mass is 301 g/mol. The zero-order valence-corrected chi connectivity index (χ0v) is 11.7. The first-order valence-corrected chi connectivity index (χ1v) is 6.70. The summed E-state index contributed by atoms with van der Waals surface area (Å²) in [7, 11) is 0. The Balaban J connectivity index is 1.72. The van der Waals surface area contributed by atoms with Crippen LogP contribution in [0.5, 0.6) is 5.75 Å². The van der Waals surface area contributed by atoms with Gasteiger partial charge in [0.2, 0.25) is 5.91 Å². The highest BCUT2D eigenvalue weighted by atomic mass is 35.5. The minimum Gasteiger partial charge on any atom is -0.508 e. The number of amides is 1. The maximum absolute atomic E-state index is 12.0. The molecule has 0 radical (unpaired) electrons. The fraction of sp³-hybridized carbons (Fsp3) is 0.0667. The molecule has 0 saturated carbocycles. The number of hydrogen-bond donors (Lipinski definition) is 2. The van der Waals surface area contributed by atoms with E-state index in [-0.39, 0.29) is 18.1 Å². The second kappa shape index (κ2) is 5.46. The molecule has 1 aromatic carbocycles. The lowest BCUT2D eigenvalue weighted by molar-refractivity contribution is -0.115. The Morgan fingerprint density at radius 2 is 1.95 bits per heavy atom. The molecule has 0 aliphatic heterocycles. The van der Waals surface area contributed by atoms with Crippen molar-refractivity contribution >= 4 is 28.8 Å². The van der Waals surface area contributed by atoms with E-state index >= 15 is 0 Å². The molecule has 0 atom stereocenters. The first kappa shape index (κ1) is 13.5. The lowest BCUT2D eigenvalue weighted by atomic mass is 10.2. The van der Waals surface area contributed by atoms with Gasteiger partial charge in [0, 0.05) is 18.1 Å². The van der Waals surface area contributed by atoms with E-state index in [9.17, 15) is 9.90 Å². The summed E-state index contributed by atoms with van der Waals surface area (Å²) in [5.41, 5.74) is 2.03. The molecule has 6 heteroatoms. The van der Waals surface area contributed by atoms with Gasteiger partial charge < -0.3 is 14.8 Å². The van der Waals surface area contributed by atoms with Crippen LogP contribution in [-0.2, 0) is 11.2 Å². The van der Waals surface area contributed by atoms with Gasteiger partial charge in [0.05, 0.1) is 17.1 Å². The largest absolute Gasteiger partial charge is 0.508 e. The van der Waals surface area contributed by atoms with Gasteiger partial charge in [0.15, 0.2) is 0 Å². The molecular formula is C15H12ClN3O2. The van der Waals surface area contributed by atoms with Crippen LogP contribution in [0.2, 0.25) is 5.02 Å². The van der Waals surface area contributed by atoms with Crippen molar-refractivity contribution in [2.75, 3.05) is 5.32 Å². The van der Waals surface area contributed by atoms with Crippen LogP contribution in [0.3, 0.4) is 0 Å². The lowest BCUT2D eigenvalue weighted by Crippen LogP contribution is -2.14. The second-order valence-corrected chi connectivity index (χ2v) is 5.05. The van der Waals surface area contributed by atoms with Gasteiger partial charge >= 0.3 is 0 Å². The van der Waals surface area contributed by atoms with E-state index in [4.69, 9.17) is 11.6 Å². The topological polar surface area (TPSA) is 66.6 Å². The Kier molecular flexibility index (Phi) is 3.50. The maximum Gasteiger partial charge on any atom is 0.230 e. The normalized spacial score (nSPS) is 10.7. The third kappa shape index (κ3) is 3.14. The third-order valence-corrected chi connectivity index (χ3v) is 3.18. The predicted octanol–water partition coefficient (Wildman–Crippen LogP) is 2.87. The van der Waals surface area contributed by atoms with Gasteiger partial charge in [-0.05, 0) is 36.4 Å². The van der Waals surface area contributed by atoms with Gasteiger partial charge in [-0.1, -0.05) is 11.6 Å². The van der Waals surface area contributed by atoms with E-state index in [0.717, 1.165) is 5.65 Å². The van der Waals surface area contributed by atoms with Crippen LogP contribution >= 0.6 is 11.6 Å². The van der Waals surface area contributed by atoms with Gasteiger partial charge in [-0.15, -0.1) is 0 Å². The van der Waals surface area contributed by atoms with Gasteiger partial charge in [0.25, 0.3) is 0 Å². The highest BCUT2D eigenvalue weighted by Crippen LogP contribution is 2.15. The summed E-state index contributed by atoms with van der Waals surface area (Å²) >= 11 is 5.91. The van der Waals surface area contributed by atoms with Crippen molar-refractivity contribution in [2.24, 2.45) is 0 Å². The number of fused-ring (bicyclic) bond motifs is 1. The van der Waals surface area contributed by atoms with Crippen LogP contribution in [0.4, 0.5) is 5.69 Å². The SMILES string of the molecule is O=C(Cc1cn2cc(Cl)ccc2n1)Nc1ccc(O)cc1. The fourth-order valence-corrected chi connectivity index (χ4v) is 2.18. The number of benzene rings is 1. The average Bonchev–Trinajstić information content (AvgIpc) is 2.82. The molecule has 0 aliphatic rings. The molecule has 1 amide bonds. The number of carbonyl (C=O) groups excluding carboxylic acids is 1. The summed E-state index contributed by atoms with van der Waals surface area (Å²) in [4.78, 5) is 16.3. The Bertz CT molecular complexity index is 796. The molecule has 2 heterocycles. The van der Waals surface area contributed by atoms with Gasteiger partial charge in [0.1, 0.15) is 11.4 Å². The fourth-order valence-electron chi connectivity index (χ4n) is 2.02. The summed E-state index contributed by atoms with van der Waals surface area (Å²) in [6.07, 6.45) is 3.68. The molecule has 2 N–H and O–H groups in total. The maximum atomic E-state index is 12.0. The van der Waals surface area contributed by atoms with Crippen LogP contribution in [-0.4, -0.2) is 20.4 Å². The summed E-state index contributed by atoms with van der Waals surface area (Å²) in [6.45, 7) is 0. The van der Waals surface area contributed by atoms with Crippen LogP contribution in [0.15, 0.2) is 48.8 Å². The Morgan fingerprint density at radius 3 is 2.71 bits per heavy atom. The molecule has 0 saturated heterocycles. The number of nitrogens with zero attached hydrogens (tertiary/aromatic N) is 2. The molecule has 0 bridgehead atoms. The van der Waals surface area contributed by atoms with Crippen molar-refractivity contribution in [1.29, 1.82) is 0 Å². The third-order valence-electron chi connectivity index (χ3n) is 2.96. The molecule has 0 spiro atoms. The van der Waals surface area contributed by atoms with Crippen molar-refractivity contribution in [3.63, 3.8) is 0 Å². The number of phenolic OH excluding ortho intramolecular Hbond substituents is 1. The van der Waals surface area contributed by atoms with E-state index in [1.165, 1.54) is 12.1 Å². The van der Waals surface area contributed by atoms with E-state index in [2.05, 4.69) is 10.3 Å². The minimum atomic E-state index is -0.171. The Morgan fingerprint density at radius 1 is 1.19 bits per heavy atom. The van der Waals surface area contributed by atoms with E-state index in [0.29, 0.717) is 16.4 Å². The molecule has 5 nitrogen and oxygen atoms in total. The number of aromatic nitrogens is 2. The van der Waals surface area contributed by atoms with Crippen LogP contribution < -0.4 is 5.32 Å². The highest BCUT2D eigenvalue weighted by Gasteiger charge is 2.08. The molecule has 0 unspecified atom stereocenters. The number of imidazole rings is 1. The van der Waals surface area contributed by atoms with Crippen molar-refractivity contribution < 1.29 is 9.90 Å². The number of halogens is 1. The lowest BCUT2D eigenvalue weighted by Gasteiger charge is -2.03. The molecule has 2 aromatic heterocycles. The molecule has 3 rings (SSSR count). The smallest absolute Gasteiger partial charge is 0.230 e. The van der Waals surface area contributed by atoms with E-state index < -0.39 is 0 Å². The molecular weight excluding hydrogens is 290 g/mol. The molecule has 21 heavy (non-hydrogen) atoms. The van der Waals surface area contributed by atoms with Gasteiger partial charge in [-0.2, -0.15) is 0 Å². The average molecular weight is 302 g/mol. The van der Waals surface area contributed by atoms with Crippen molar-refractivity contribution in [3.8, 4) is 5.75 Å². The van der Waals surface area contributed by atoms with Crippen molar-refractivity contribution in [1.82, 2.24) is 9.38 Å². The molecule has 3 aromatic rings. The first-order chi connectivity index (χ1) is 10.1. The number of nitrogens with one attached hydrogen (secondary N) is 1. The Labute approximate surface area is 125 Å². The molecule has 0 aliphatic carbocycles. The van der Waals surface area contributed by atoms with Gasteiger partial charge in [-0.25, -0.2) is 4.98 Å². The van der Waals surface area contributed by atoms with Gasteiger partial charge in [-0.3, -0.25) is 4.79 Å². The first-order valence-electron chi connectivity index (χ1n) is 6.32. The number of pyridine rings is 1. The quantitative estimate of drug-likeness (QED) is 0.731. The van der Waals surface area contributed by atoms with E-state index in [1.807, 2.05) is 0 Å². The molecule has 0 fully saturated rings. The summed E-state index contributed by atoms with van der Waals surface area (Å²) in [6, 6.07) is 9.85. The van der Waals surface area contributed by atoms with Crippen LogP contribution in [0.25, 0.3) is 5.65 Å². The van der Waals surface area contributed by atoms with Crippen molar-refractivity contribution in [2.45, 2.75) is 6.42 Å². The zero-order valence-electron chi connectivity index (χ0n) is 11.0. The second-order valence-electron chi connectivity index (χ2n) is 4.62. The summed E-state index contributed by atoms with van der Waals surface area (Å²) in [5.74, 6) is -0.0135. The summed E-state index contributed by atoms with van der Waals surface area (Å²) in [5, 5.41) is 12.6. The predicted molar refractivity (Wildman–Crippen MR) is 80.6 cm³/mol. The Hall–Kier alpha value is -2.53. The number of carbonyl (C=O) groups is 1. The molecule has 106 valence electrons. The highest BCUT2D eigenvalue weighted by molar-refractivity contribution is 6.30. The number of rotatable bonds is 3. The van der Waals surface area contributed by atoms with Crippen LogP contribution in [0, 0.1) is 0 Å². The number of aromatic hydroxyl groups is 1. The summed E-state index contributed by atoms with van der Waals surface area (Å²) < 4.78 is 1.78. The number of anilines is 1.